The first-order valence-corrected chi connectivity index (χ1v) is 8.81. The van der Waals surface area contributed by atoms with Crippen LogP contribution in [0.15, 0.2) is 29.4 Å². The molecule has 0 aliphatic carbocycles. The zero-order chi connectivity index (χ0) is 13.6. The summed E-state index contributed by atoms with van der Waals surface area (Å²) in [6, 6.07) is 3.16. The van der Waals surface area contributed by atoms with Crippen LogP contribution in [0.4, 0.5) is 0 Å². The van der Waals surface area contributed by atoms with Crippen molar-refractivity contribution >= 4 is 21.8 Å². The van der Waals surface area contributed by atoms with E-state index in [4.69, 9.17) is 4.74 Å². The predicted molar refractivity (Wildman–Crippen MR) is 75.7 cm³/mol. The third-order valence-electron chi connectivity index (χ3n) is 2.86. The topological polar surface area (TPSA) is 68.3 Å². The van der Waals surface area contributed by atoms with Gasteiger partial charge in [-0.05, 0) is 25.0 Å². The van der Waals surface area contributed by atoms with Gasteiger partial charge in [0.2, 0.25) is 10.0 Å². The fourth-order valence-electron chi connectivity index (χ4n) is 1.83. The molecule has 0 unspecified atom stereocenters. The van der Waals surface area contributed by atoms with Gasteiger partial charge in [0, 0.05) is 43.2 Å². The Kier molecular flexibility index (Phi) is 5.62. The predicted octanol–water partition coefficient (Wildman–Crippen LogP) is 1.27. The number of nitrogens with one attached hydrogen (secondary N) is 1. The molecular formula is C12H18N2O3S2. The molecule has 1 aromatic rings. The molecule has 1 saturated heterocycles. The van der Waals surface area contributed by atoms with Crippen molar-refractivity contribution in [2.75, 3.05) is 25.5 Å². The number of thioether (sulfide) groups is 1. The van der Waals surface area contributed by atoms with E-state index < -0.39 is 10.0 Å². The van der Waals surface area contributed by atoms with Crippen molar-refractivity contribution in [3.05, 3.63) is 24.5 Å². The Labute approximate surface area is 118 Å². The van der Waals surface area contributed by atoms with Gasteiger partial charge in [0.1, 0.15) is 4.90 Å². The Morgan fingerprint density at radius 1 is 1.42 bits per heavy atom. The lowest BCUT2D eigenvalue weighted by Gasteiger charge is -2.21. The Morgan fingerprint density at radius 2 is 2.21 bits per heavy atom. The molecule has 0 bridgehead atoms. The molecule has 1 fully saturated rings. The average Bonchev–Trinajstić information content (AvgIpc) is 2.46. The molecule has 1 aromatic heterocycles. The summed E-state index contributed by atoms with van der Waals surface area (Å²) in [7, 11) is -3.41. The van der Waals surface area contributed by atoms with Crippen LogP contribution in [-0.2, 0) is 14.8 Å². The van der Waals surface area contributed by atoms with Crippen LogP contribution in [0.5, 0.6) is 0 Å². The SMILES string of the molecule is O=S(=O)(NCCSC1CCOCC1)c1cccnc1. The lowest BCUT2D eigenvalue weighted by atomic mass is 10.2. The second-order valence-electron chi connectivity index (χ2n) is 4.27. The van der Waals surface area contributed by atoms with Crippen LogP contribution in [0.1, 0.15) is 12.8 Å². The van der Waals surface area contributed by atoms with Crippen molar-refractivity contribution in [3.8, 4) is 0 Å². The first-order chi connectivity index (χ1) is 9.18. The van der Waals surface area contributed by atoms with Gasteiger partial charge in [0.25, 0.3) is 0 Å². The molecule has 0 aromatic carbocycles. The summed E-state index contributed by atoms with van der Waals surface area (Å²) >= 11 is 1.81. The summed E-state index contributed by atoms with van der Waals surface area (Å²) < 4.78 is 31.7. The van der Waals surface area contributed by atoms with Crippen molar-refractivity contribution in [2.24, 2.45) is 0 Å². The molecule has 2 heterocycles. The lowest BCUT2D eigenvalue weighted by molar-refractivity contribution is 0.100. The summed E-state index contributed by atoms with van der Waals surface area (Å²) in [5.74, 6) is 0.782. The van der Waals surface area contributed by atoms with Gasteiger partial charge < -0.3 is 4.74 Å². The van der Waals surface area contributed by atoms with E-state index in [1.54, 1.807) is 18.3 Å². The quantitative estimate of drug-likeness (QED) is 0.802. The van der Waals surface area contributed by atoms with Gasteiger partial charge in [-0.3, -0.25) is 4.98 Å². The minimum atomic E-state index is -3.41. The highest BCUT2D eigenvalue weighted by Gasteiger charge is 2.16. The first kappa shape index (κ1) is 14.8. The van der Waals surface area contributed by atoms with E-state index in [0.717, 1.165) is 31.8 Å². The number of hydrogen-bond acceptors (Lipinski definition) is 5. The van der Waals surface area contributed by atoms with Gasteiger partial charge in [-0.15, -0.1) is 0 Å². The summed E-state index contributed by atoms with van der Waals surface area (Å²) in [4.78, 5) is 4.03. The highest BCUT2D eigenvalue weighted by molar-refractivity contribution is 8.00. The fraction of sp³-hybridized carbons (Fsp3) is 0.583. The molecule has 19 heavy (non-hydrogen) atoms. The number of sulfonamides is 1. The van der Waals surface area contributed by atoms with Gasteiger partial charge in [-0.1, -0.05) is 0 Å². The minimum Gasteiger partial charge on any atom is -0.381 e. The number of ether oxygens (including phenoxy) is 1. The smallest absolute Gasteiger partial charge is 0.242 e. The highest BCUT2D eigenvalue weighted by Crippen LogP contribution is 2.21. The molecule has 1 aliphatic rings. The third-order valence-corrected chi connectivity index (χ3v) is 5.69. The monoisotopic (exact) mass is 302 g/mol. The summed E-state index contributed by atoms with van der Waals surface area (Å²) in [6.07, 6.45) is 5.02. The summed E-state index contributed by atoms with van der Waals surface area (Å²) in [5.41, 5.74) is 0. The molecule has 2 rings (SSSR count). The van der Waals surface area contributed by atoms with E-state index in [9.17, 15) is 8.42 Å². The lowest BCUT2D eigenvalue weighted by Crippen LogP contribution is -2.27. The maximum Gasteiger partial charge on any atom is 0.242 e. The van der Waals surface area contributed by atoms with Crippen LogP contribution >= 0.6 is 11.8 Å². The normalized spacial score (nSPS) is 17.5. The number of aromatic nitrogens is 1. The molecular weight excluding hydrogens is 284 g/mol. The Morgan fingerprint density at radius 3 is 2.89 bits per heavy atom. The van der Waals surface area contributed by atoms with E-state index in [0.29, 0.717) is 11.8 Å². The molecule has 0 spiro atoms. The first-order valence-electron chi connectivity index (χ1n) is 6.27. The average molecular weight is 302 g/mol. The molecule has 0 radical (unpaired) electrons. The Bertz CT molecular complexity index is 473. The van der Waals surface area contributed by atoms with Crippen LogP contribution in [0.3, 0.4) is 0 Å². The number of rotatable bonds is 6. The summed E-state index contributed by atoms with van der Waals surface area (Å²) in [5, 5.41) is 0.594. The number of pyridine rings is 1. The van der Waals surface area contributed by atoms with Crippen molar-refractivity contribution < 1.29 is 13.2 Å². The molecule has 0 amide bonds. The second kappa shape index (κ2) is 7.23. The van der Waals surface area contributed by atoms with Crippen LogP contribution in [0.25, 0.3) is 0 Å². The van der Waals surface area contributed by atoms with Crippen molar-refractivity contribution in [3.63, 3.8) is 0 Å². The van der Waals surface area contributed by atoms with Gasteiger partial charge in [0.05, 0.1) is 0 Å². The minimum absolute atomic E-state index is 0.214. The second-order valence-corrected chi connectivity index (χ2v) is 7.44. The Hall–Kier alpha value is -0.630. The van der Waals surface area contributed by atoms with Crippen LogP contribution in [-0.4, -0.2) is 44.2 Å². The van der Waals surface area contributed by atoms with E-state index in [2.05, 4.69) is 9.71 Å². The van der Waals surface area contributed by atoms with E-state index in [1.807, 2.05) is 11.8 Å². The van der Waals surface area contributed by atoms with Crippen LogP contribution < -0.4 is 4.72 Å². The maximum atomic E-state index is 11.9. The molecule has 1 aliphatic heterocycles. The third kappa shape index (κ3) is 4.76. The molecule has 7 heteroatoms. The van der Waals surface area contributed by atoms with Gasteiger partial charge in [0.15, 0.2) is 0 Å². The maximum absolute atomic E-state index is 11.9. The zero-order valence-electron chi connectivity index (χ0n) is 10.6. The molecule has 0 saturated carbocycles. The van der Waals surface area contributed by atoms with Gasteiger partial charge in [-0.2, -0.15) is 11.8 Å². The number of hydrogen-bond donors (Lipinski definition) is 1. The molecule has 106 valence electrons. The van der Waals surface area contributed by atoms with E-state index in [-0.39, 0.29) is 4.90 Å². The standard InChI is InChI=1S/C12H18N2O3S2/c15-19(16,12-2-1-5-13-10-12)14-6-9-18-11-3-7-17-8-4-11/h1-2,5,10-11,14H,3-4,6-9H2. The van der Waals surface area contributed by atoms with Crippen molar-refractivity contribution in [1.82, 2.24) is 9.71 Å². The largest absolute Gasteiger partial charge is 0.381 e. The van der Waals surface area contributed by atoms with Crippen LogP contribution in [0, 0.1) is 0 Å². The molecule has 1 N–H and O–H groups in total. The Balaban J connectivity index is 1.73. The van der Waals surface area contributed by atoms with Gasteiger partial charge in [-0.25, -0.2) is 13.1 Å². The van der Waals surface area contributed by atoms with Gasteiger partial charge >= 0.3 is 0 Å². The fourth-order valence-corrected chi connectivity index (χ4v) is 4.04. The summed E-state index contributed by atoms with van der Waals surface area (Å²) in [6.45, 7) is 2.08. The van der Waals surface area contributed by atoms with E-state index >= 15 is 0 Å². The highest BCUT2D eigenvalue weighted by atomic mass is 32.2. The number of nitrogens with zero attached hydrogens (tertiary/aromatic N) is 1. The molecule has 0 atom stereocenters. The van der Waals surface area contributed by atoms with Crippen molar-refractivity contribution in [1.29, 1.82) is 0 Å². The zero-order valence-corrected chi connectivity index (χ0v) is 12.3. The molecule has 5 nitrogen and oxygen atoms in total. The van der Waals surface area contributed by atoms with E-state index in [1.165, 1.54) is 6.20 Å². The van der Waals surface area contributed by atoms with Crippen molar-refractivity contribution in [2.45, 2.75) is 23.0 Å². The van der Waals surface area contributed by atoms with Crippen LogP contribution in [0.2, 0.25) is 0 Å².